The maximum absolute atomic E-state index is 13.7. The fourth-order valence-electron chi connectivity index (χ4n) is 3.95. The summed E-state index contributed by atoms with van der Waals surface area (Å²) < 4.78 is 49.8. The summed E-state index contributed by atoms with van der Waals surface area (Å²) in [5.41, 5.74) is 0.409. The summed E-state index contributed by atoms with van der Waals surface area (Å²) in [6.45, 7) is 0.452. The van der Waals surface area contributed by atoms with E-state index in [9.17, 15) is 18.0 Å². The first-order valence-corrected chi connectivity index (χ1v) is 12.5. The minimum Gasteiger partial charge on any atom is -0.486 e. The second-order valence-electron chi connectivity index (χ2n) is 8.08. The van der Waals surface area contributed by atoms with Gasteiger partial charge in [0.05, 0.1) is 35.9 Å². The number of hydrogen-bond donors (Lipinski definition) is 1. The summed E-state index contributed by atoms with van der Waals surface area (Å²) in [6.07, 6.45) is 1.44. The molecule has 36 heavy (non-hydrogen) atoms. The smallest absolute Gasteiger partial charge is 0.337 e. The van der Waals surface area contributed by atoms with E-state index in [-0.39, 0.29) is 29.1 Å². The van der Waals surface area contributed by atoms with Crippen LogP contribution in [0.25, 0.3) is 10.9 Å². The Hall–Kier alpha value is -4.09. The Bertz CT molecular complexity index is 1590. The number of nitrogens with zero attached hydrogens (tertiary/aromatic N) is 1. The third kappa shape index (κ3) is 4.58. The van der Waals surface area contributed by atoms with Crippen molar-refractivity contribution in [2.45, 2.75) is 18.0 Å². The number of furan rings is 1. The number of methoxy groups -OCH3 is 1. The first-order valence-electron chi connectivity index (χ1n) is 11.0. The lowest BCUT2D eigenvalue weighted by atomic mass is 10.1. The molecule has 10 nitrogen and oxygen atoms in total. The summed E-state index contributed by atoms with van der Waals surface area (Å²) in [6, 6.07) is 13.9. The van der Waals surface area contributed by atoms with Gasteiger partial charge < -0.3 is 23.6 Å². The van der Waals surface area contributed by atoms with Gasteiger partial charge in [0.15, 0.2) is 11.5 Å². The van der Waals surface area contributed by atoms with Crippen LogP contribution >= 0.6 is 0 Å². The number of aromatic nitrogens is 1. The van der Waals surface area contributed by atoms with Crippen LogP contribution in [0.15, 0.2) is 75.0 Å². The molecule has 1 aliphatic heterocycles. The quantitative estimate of drug-likeness (QED) is 0.376. The van der Waals surface area contributed by atoms with Crippen molar-refractivity contribution in [3.63, 3.8) is 0 Å². The Balaban J connectivity index is 1.55. The Kier molecular flexibility index (Phi) is 6.25. The number of aromatic amines is 1. The topological polar surface area (TPSA) is 128 Å². The van der Waals surface area contributed by atoms with Crippen molar-refractivity contribution in [2.75, 3.05) is 20.3 Å². The molecule has 2 aromatic carbocycles. The van der Waals surface area contributed by atoms with Gasteiger partial charge in [0.25, 0.3) is 5.56 Å². The van der Waals surface area contributed by atoms with Gasteiger partial charge in [0.1, 0.15) is 19.0 Å². The van der Waals surface area contributed by atoms with E-state index in [1.54, 1.807) is 30.3 Å². The Labute approximate surface area is 206 Å². The maximum Gasteiger partial charge on any atom is 0.337 e. The SMILES string of the molecule is COC(=O)c1cccc(S(=O)(=O)N(Cc2ccco2)Cc2cc3cc4c(cc3[nH]c2=O)OCCO4)c1. The van der Waals surface area contributed by atoms with Crippen LogP contribution in [0.1, 0.15) is 21.7 Å². The van der Waals surface area contributed by atoms with Crippen LogP contribution < -0.4 is 15.0 Å². The first kappa shape index (κ1) is 23.6. The molecule has 0 amide bonds. The van der Waals surface area contributed by atoms with Crippen molar-refractivity contribution >= 4 is 26.9 Å². The Morgan fingerprint density at radius 1 is 1.03 bits per heavy atom. The van der Waals surface area contributed by atoms with E-state index in [4.69, 9.17) is 18.6 Å². The molecule has 0 unspecified atom stereocenters. The standard InChI is InChI=1S/C25H22N2O8S/c1-32-25(29)16-4-2-6-20(11-16)36(30,31)27(15-19-5-3-7-33-19)14-18-10-17-12-22-23(35-9-8-34-22)13-21(17)26-24(18)28/h2-7,10-13H,8-9,14-15H2,1H3,(H,26,28). The molecule has 0 fully saturated rings. The van der Waals surface area contributed by atoms with E-state index in [1.807, 2.05) is 0 Å². The number of pyridine rings is 1. The van der Waals surface area contributed by atoms with Gasteiger partial charge in [-0.15, -0.1) is 0 Å². The monoisotopic (exact) mass is 510 g/mol. The van der Waals surface area contributed by atoms with E-state index in [2.05, 4.69) is 4.98 Å². The summed E-state index contributed by atoms with van der Waals surface area (Å²) in [4.78, 5) is 27.6. The summed E-state index contributed by atoms with van der Waals surface area (Å²) >= 11 is 0. The van der Waals surface area contributed by atoms with Crippen LogP contribution in [0.5, 0.6) is 11.5 Å². The van der Waals surface area contributed by atoms with Crippen molar-refractivity contribution in [1.82, 2.24) is 9.29 Å². The predicted molar refractivity (Wildman–Crippen MR) is 128 cm³/mol. The van der Waals surface area contributed by atoms with Gasteiger partial charge in [-0.25, -0.2) is 13.2 Å². The fourth-order valence-corrected chi connectivity index (χ4v) is 5.38. The predicted octanol–water partition coefficient (Wildman–Crippen LogP) is 3.07. The number of H-pyrrole nitrogens is 1. The average molecular weight is 511 g/mol. The normalized spacial score (nSPS) is 13.2. The Morgan fingerprint density at radius 3 is 2.53 bits per heavy atom. The first-order chi connectivity index (χ1) is 17.3. The molecule has 0 radical (unpaired) electrons. The van der Waals surface area contributed by atoms with Crippen LogP contribution in [0.4, 0.5) is 0 Å². The lowest BCUT2D eigenvalue weighted by molar-refractivity contribution is 0.0600. The molecule has 0 atom stereocenters. The number of hydrogen-bond acceptors (Lipinski definition) is 8. The van der Waals surface area contributed by atoms with E-state index in [0.717, 1.165) is 4.31 Å². The molecule has 1 aliphatic rings. The molecule has 3 heterocycles. The summed E-state index contributed by atoms with van der Waals surface area (Å²) in [7, 11) is -2.94. The second kappa shape index (κ2) is 9.51. The number of fused-ring (bicyclic) bond motifs is 2. The molecular weight excluding hydrogens is 488 g/mol. The lowest BCUT2D eigenvalue weighted by Gasteiger charge is -2.22. The minimum absolute atomic E-state index is 0.0899. The number of benzene rings is 2. The number of sulfonamides is 1. The van der Waals surface area contributed by atoms with Crippen molar-refractivity contribution in [3.8, 4) is 11.5 Å². The zero-order chi connectivity index (χ0) is 25.3. The molecule has 0 saturated heterocycles. The second-order valence-corrected chi connectivity index (χ2v) is 10.0. The van der Waals surface area contributed by atoms with Crippen molar-refractivity contribution in [1.29, 1.82) is 0 Å². The maximum atomic E-state index is 13.7. The zero-order valence-corrected chi connectivity index (χ0v) is 20.0. The van der Waals surface area contributed by atoms with Crippen molar-refractivity contribution in [3.05, 3.63) is 88.1 Å². The lowest BCUT2D eigenvalue weighted by Crippen LogP contribution is -2.32. The molecule has 11 heteroatoms. The highest BCUT2D eigenvalue weighted by atomic mass is 32.2. The summed E-state index contributed by atoms with van der Waals surface area (Å²) in [5, 5.41) is 0.664. The molecule has 0 saturated carbocycles. The molecule has 4 aromatic rings. The highest BCUT2D eigenvalue weighted by Crippen LogP contribution is 2.34. The van der Waals surface area contributed by atoms with Gasteiger partial charge in [-0.1, -0.05) is 6.07 Å². The Morgan fingerprint density at radius 2 is 1.81 bits per heavy atom. The van der Waals surface area contributed by atoms with Gasteiger partial charge in [0, 0.05) is 23.6 Å². The van der Waals surface area contributed by atoms with E-state index < -0.39 is 21.6 Å². The molecule has 0 aliphatic carbocycles. The van der Waals surface area contributed by atoms with Crippen LogP contribution in [-0.2, 0) is 27.8 Å². The third-order valence-electron chi connectivity index (χ3n) is 5.74. The summed E-state index contributed by atoms with van der Waals surface area (Å²) in [5.74, 6) is 0.806. The van der Waals surface area contributed by atoms with Gasteiger partial charge in [-0.2, -0.15) is 4.31 Å². The fraction of sp³-hybridized carbons (Fsp3) is 0.200. The van der Waals surface area contributed by atoms with Crippen LogP contribution in [0, 0.1) is 0 Å². The largest absolute Gasteiger partial charge is 0.486 e. The number of carbonyl (C=O) groups is 1. The van der Waals surface area contributed by atoms with Crippen LogP contribution in [0.3, 0.4) is 0 Å². The minimum atomic E-state index is -4.16. The molecular formula is C25H22N2O8S. The van der Waals surface area contributed by atoms with Crippen molar-refractivity contribution < 1.29 is 31.8 Å². The number of nitrogens with one attached hydrogen (secondary N) is 1. The molecule has 0 bridgehead atoms. The molecule has 0 spiro atoms. The zero-order valence-electron chi connectivity index (χ0n) is 19.2. The highest BCUT2D eigenvalue weighted by molar-refractivity contribution is 7.89. The number of esters is 1. The van der Waals surface area contributed by atoms with Gasteiger partial charge in [-0.05, 0) is 42.5 Å². The molecule has 5 rings (SSSR count). The highest BCUT2D eigenvalue weighted by Gasteiger charge is 2.28. The number of ether oxygens (including phenoxy) is 3. The van der Waals surface area contributed by atoms with E-state index >= 15 is 0 Å². The van der Waals surface area contributed by atoms with Gasteiger partial charge in [-0.3, -0.25) is 4.79 Å². The number of rotatable bonds is 7. The number of carbonyl (C=O) groups excluding carboxylic acids is 1. The van der Waals surface area contributed by atoms with Crippen LogP contribution in [0.2, 0.25) is 0 Å². The third-order valence-corrected chi connectivity index (χ3v) is 7.52. The van der Waals surface area contributed by atoms with E-state index in [0.29, 0.717) is 41.4 Å². The van der Waals surface area contributed by atoms with Gasteiger partial charge >= 0.3 is 5.97 Å². The van der Waals surface area contributed by atoms with Crippen LogP contribution in [-0.4, -0.2) is 44.0 Å². The van der Waals surface area contributed by atoms with Gasteiger partial charge in [0.2, 0.25) is 10.0 Å². The molecule has 1 N–H and O–H groups in total. The van der Waals surface area contributed by atoms with Crippen molar-refractivity contribution in [2.24, 2.45) is 0 Å². The molecule has 2 aromatic heterocycles. The average Bonchev–Trinajstić information content (AvgIpc) is 3.40. The molecule has 186 valence electrons. The van der Waals surface area contributed by atoms with E-state index in [1.165, 1.54) is 37.6 Å².